The van der Waals surface area contributed by atoms with Crippen LogP contribution in [0.2, 0.25) is 0 Å². The SMILES string of the molecule is Cc1nc2ccc(NC(=O)N3C[C@H](OC(C)C)[C@@H](O)C3)cc2[nH]1. The second-order valence-corrected chi connectivity index (χ2v) is 6.18. The van der Waals surface area contributed by atoms with Crippen molar-refractivity contribution in [1.82, 2.24) is 14.9 Å². The predicted octanol–water partition coefficient (Wildman–Crippen LogP) is 1.87. The molecule has 1 aliphatic rings. The molecule has 3 N–H and O–H groups in total. The summed E-state index contributed by atoms with van der Waals surface area (Å²) in [6.45, 7) is 6.37. The highest BCUT2D eigenvalue weighted by molar-refractivity contribution is 5.92. The number of anilines is 1. The fourth-order valence-corrected chi connectivity index (χ4v) is 2.82. The van der Waals surface area contributed by atoms with Crippen molar-refractivity contribution in [2.24, 2.45) is 0 Å². The van der Waals surface area contributed by atoms with E-state index in [4.69, 9.17) is 4.74 Å². The van der Waals surface area contributed by atoms with Crippen LogP contribution in [0.1, 0.15) is 19.7 Å². The topological polar surface area (TPSA) is 90.5 Å². The summed E-state index contributed by atoms with van der Waals surface area (Å²) in [5.74, 6) is 0.833. The summed E-state index contributed by atoms with van der Waals surface area (Å²) < 4.78 is 5.63. The first-order valence-electron chi connectivity index (χ1n) is 7.78. The Morgan fingerprint density at radius 2 is 2.26 bits per heavy atom. The van der Waals surface area contributed by atoms with E-state index >= 15 is 0 Å². The van der Waals surface area contributed by atoms with Crippen LogP contribution in [0.5, 0.6) is 0 Å². The van der Waals surface area contributed by atoms with Gasteiger partial charge < -0.3 is 25.0 Å². The predicted molar refractivity (Wildman–Crippen MR) is 87.4 cm³/mol. The van der Waals surface area contributed by atoms with E-state index < -0.39 is 6.10 Å². The number of hydrogen-bond acceptors (Lipinski definition) is 4. The number of carbonyl (C=O) groups is 1. The van der Waals surface area contributed by atoms with E-state index in [-0.39, 0.29) is 24.8 Å². The number of likely N-dealkylation sites (tertiary alicyclic amines) is 1. The first-order chi connectivity index (χ1) is 10.9. The molecular formula is C16H22N4O3. The lowest BCUT2D eigenvalue weighted by atomic mass is 10.2. The molecular weight excluding hydrogens is 296 g/mol. The third kappa shape index (κ3) is 3.46. The van der Waals surface area contributed by atoms with Crippen molar-refractivity contribution in [2.45, 2.75) is 39.1 Å². The number of β-amino-alcohol motifs (C(OH)–C–C–N with tert-alkyl or cyclic N) is 1. The van der Waals surface area contributed by atoms with Crippen LogP contribution >= 0.6 is 0 Å². The third-order valence-electron chi connectivity index (χ3n) is 3.82. The summed E-state index contributed by atoms with van der Waals surface area (Å²) in [5.41, 5.74) is 2.43. The van der Waals surface area contributed by atoms with Gasteiger partial charge in [0.05, 0.1) is 36.3 Å². The molecule has 0 spiro atoms. The van der Waals surface area contributed by atoms with Gasteiger partial charge in [-0.1, -0.05) is 0 Å². The van der Waals surface area contributed by atoms with Gasteiger partial charge in [0.2, 0.25) is 0 Å². The molecule has 3 rings (SSSR count). The maximum Gasteiger partial charge on any atom is 0.322 e. The number of benzene rings is 1. The Morgan fingerprint density at radius 3 is 3.00 bits per heavy atom. The van der Waals surface area contributed by atoms with Crippen molar-refractivity contribution in [2.75, 3.05) is 18.4 Å². The van der Waals surface area contributed by atoms with E-state index in [0.29, 0.717) is 12.2 Å². The second-order valence-electron chi connectivity index (χ2n) is 6.18. The maximum atomic E-state index is 12.4. The van der Waals surface area contributed by atoms with Crippen LogP contribution in [0.15, 0.2) is 18.2 Å². The lowest BCUT2D eigenvalue weighted by Gasteiger charge is -2.18. The van der Waals surface area contributed by atoms with E-state index in [2.05, 4.69) is 15.3 Å². The average molecular weight is 318 g/mol. The molecule has 7 nitrogen and oxygen atoms in total. The summed E-state index contributed by atoms with van der Waals surface area (Å²) in [4.78, 5) is 21.4. The van der Waals surface area contributed by atoms with E-state index in [1.165, 1.54) is 0 Å². The highest BCUT2D eigenvalue weighted by atomic mass is 16.5. The number of nitrogens with one attached hydrogen (secondary N) is 2. The van der Waals surface area contributed by atoms with Crippen molar-refractivity contribution >= 4 is 22.8 Å². The van der Waals surface area contributed by atoms with Crippen LogP contribution in [0, 0.1) is 6.92 Å². The molecule has 2 heterocycles. The molecule has 2 atom stereocenters. The monoisotopic (exact) mass is 318 g/mol. The van der Waals surface area contributed by atoms with Gasteiger partial charge in [-0.2, -0.15) is 0 Å². The van der Waals surface area contributed by atoms with Crippen LogP contribution in [0.3, 0.4) is 0 Å². The Bertz CT molecular complexity index is 712. The Kier molecular flexibility index (Phi) is 4.23. The number of rotatable bonds is 3. The standard InChI is InChI=1S/C16H22N4O3/c1-9(2)23-15-8-20(7-14(15)21)16(22)19-11-4-5-12-13(6-11)18-10(3)17-12/h4-6,9,14-15,21H,7-8H2,1-3H3,(H,17,18)(H,19,22)/t14-,15-/m0/s1. The second kappa shape index (κ2) is 6.17. The molecule has 2 aromatic rings. The van der Waals surface area contributed by atoms with Crippen LogP contribution < -0.4 is 5.32 Å². The number of carbonyl (C=O) groups excluding carboxylic acids is 1. The molecule has 1 aliphatic heterocycles. The number of amides is 2. The normalized spacial score (nSPS) is 21.3. The number of hydrogen-bond donors (Lipinski definition) is 3. The summed E-state index contributed by atoms with van der Waals surface area (Å²) in [7, 11) is 0. The molecule has 23 heavy (non-hydrogen) atoms. The highest BCUT2D eigenvalue weighted by Gasteiger charge is 2.35. The number of ether oxygens (including phenoxy) is 1. The molecule has 0 radical (unpaired) electrons. The number of aryl methyl sites for hydroxylation is 1. The van der Waals surface area contributed by atoms with Crippen molar-refractivity contribution in [3.63, 3.8) is 0 Å². The molecule has 1 saturated heterocycles. The van der Waals surface area contributed by atoms with Gasteiger partial charge in [-0.25, -0.2) is 9.78 Å². The van der Waals surface area contributed by atoms with Crippen molar-refractivity contribution < 1.29 is 14.6 Å². The molecule has 1 fully saturated rings. The van der Waals surface area contributed by atoms with Gasteiger partial charge in [0.1, 0.15) is 11.9 Å². The molecule has 0 saturated carbocycles. The Hall–Kier alpha value is -2.12. The minimum Gasteiger partial charge on any atom is -0.388 e. The van der Waals surface area contributed by atoms with Gasteiger partial charge in [0.25, 0.3) is 0 Å². The number of H-pyrrole nitrogens is 1. The molecule has 1 aromatic carbocycles. The number of aromatic nitrogens is 2. The fraction of sp³-hybridized carbons (Fsp3) is 0.500. The smallest absolute Gasteiger partial charge is 0.322 e. The van der Waals surface area contributed by atoms with Crippen molar-refractivity contribution in [3.8, 4) is 0 Å². The van der Waals surface area contributed by atoms with Crippen LogP contribution in [-0.4, -0.2) is 57.4 Å². The number of imidazole rings is 1. The summed E-state index contributed by atoms with van der Waals surface area (Å²) >= 11 is 0. The maximum absolute atomic E-state index is 12.4. The first-order valence-corrected chi connectivity index (χ1v) is 7.78. The highest BCUT2D eigenvalue weighted by Crippen LogP contribution is 2.20. The quantitative estimate of drug-likeness (QED) is 0.806. The molecule has 7 heteroatoms. The number of fused-ring (bicyclic) bond motifs is 1. The minimum atomic E-state index is -0.652. The molecule has 0 unspecified atom stereocenters. The van der Waals surface area contributed by atoms with E-state index in [1.54, 1.807) is 4.90 Å². The van der Waals surface area contributed by atoms with Gasteiger partial charge >= 0.3 is 6.03 Å². The third-order valence-corrected chi connectivity index (χ3v) is 3.82. The van der Waals surface area contributed by atoms with Gasteiger partial charge in [-0.15, -0.1) is 0 Å². The van der Waals surface area contributed by atoms with Crippen LogP contribution in [0.25, 0.3) is 11.0 Å². The zero-order valence-corrected chi connectivity index (χ0v) is 13.5. The van der Waals surface area contributed by atoms with Gasteiger partial charge in [0.15, 0.2) is 0 Å². The van der Waals surface area contributed by atoms with Crippen molar-refractivity contribution in [3.05, 3.63) is 24.0 Å². The Balaban J connectivity index is 1.66. The molecule has 0 aliphatic carbocycles. The van der Waals surface area contributed by atoms with Crippen molar-refractivity contribution in [1.29, 1.82) is 0 Å². The fourth-order valence-electron chi connectivity index (χ4n) is 2.82. The number of nitrogens with zero attached hydrogens (tertiary/aromatic N) is 2. The van der Waals surface area contributed by atoms with Crippen LogP contribution in [0.4, 0.5) is 10.5 Å². The van der Waals surface area contributed by atoms with Gasteiger partial charge in [0, 0.05) is 5.69 Å². The minimum absolute atomic E-state index is 0.0173. The average Bonchev–Trinajstić information content (AvgIpc) is 3.00. The summed E-state index contributed by atoms with van der Waals surface area (Å²) in [6.07, 6.45) is -0.969. The molecule has 2 amide bonds. The molecule has 124 valence electrons. The number of aromatic amines is 1. The van der Waals surface area contributed by atoms with E-state index in [9.17, 15) is 9.90 Å². The van der Waals surface area contributed by atoms with E-state index in [0.717, 1.165) is 16.9 Å². The van der Waals surface area contributed by atoms with Gasteiger partial charge in [-0.05, 0) is 39.0 Å². The number of aliphatic hydroxyl groups excluding tert-OH is 1. The molecule has 1 aromatic heterocycles. The number of aliphatic hydroxyl groups is 1. The lowest BCUT2D eigenvalue weighted by Crippen LogP contribution is -2.34. The zero-order valence-electron chi connectivity index (χ0n) is 13.5. The van der Waals surface area contributed by atoms with Crippen LogP contribution in [-0.2, 0) is 4.74 Å². The zero-order chi connectivity index (χ0) is 16.6. The lowest BCUT2D eigenvalue weighted by molar-refractivity contribution is -0.0393. The first kappa shape index (κ1) is 15.8. The molecule has 0 bridgehead atoms. The van der Waals surface area contributed by atoms with Gasteiger partial charge in [-0.3, -0.25) is 0 Å². The Morgan fingerprint density at radius 1 is 1.48 bits per heavy atom. The Labute approximate surface area is 134 Å². The van der Waals surface area contributed by atoms with E-state index in [1.807, 2.05) is 39.0 Å². The largest absolute Gasteiger partial charge is 0.388 e. The summed E-state index contributed by atoms with van der Waals surface area (Å²) in [6, 6.07) is 5.28. The summed E-state index contributed by atoms with van der Waals surface area (Å²) in [5, 5.41) is 12.9. The number of urea groups is 1.